The lowest BCUT2D eigenvalue weighted by atomic mass is 9.97. The highest BCUT2D eigenvalue weighted by atomic mass is 16.4. The Bertz CT molecular complexity index is 201. The van der Waals surface area contributed by atoms with Gasteiger partial charge in [0.25, 0.3) is 0 Å². The van der Waals surface area contributed by atoms with Gasteiger partial charge in [0.1, 0.15) is 0 Å². The number of hydrogen-bond acceptors (Lipinski definition) is 3. The Morgan fingerprint density at radius 3 is 2.60 bits per heavy atom. The first-order chi connectivity index (χ1) is 7.08. The molecule has 1 saturated heterocycles. The van der Waals surface area contributed by atoms with Gasteiger partial charge in [0.15, 0.2) is 0 Å². The van der Waals surface area contributed by atoms with E-state index in [0.717, 1.165) is 12.5 Å². The molecule has 0 bridgehead atoms. The van der Waals surface area contributed by atoms with Gasteiger partial charge in [-0.3, -0.25) is 4.79 Å². The molecule has 1 heterocycles. The van der Waals surface area contributed by atoms with Crippen LogP contribution in [0.15, 0.2) is 0 Å². The first-order valence-electron chi connectivity index (χ1n) is 5.67. The summed E-state index contributed by atoms with van der Waals surface area (Å²) >= 11 is 0. The summed E-state index contributed by atoms with van der Waals surface area (Å²) in [6.45, 7) is 4.07. The van der Waals surface area contributed by atoms with E-state index in [2.05, 4.69) is 16.8 Å². The Morgan fingerprint density at radius 1 is 1.47 bits per heavy atom. The highest BCUT2D eigenvalue weighted by molar-refractivity contribution is 5.66. The highest BCUT2D eigenvalue weighted by Gasteiger charge is 2.18. The topological polar surface area (TPSA) is 43.8 Å². The number of rotatable bonds is 5. The van der Waals surface area contributed by atoms with Crippen molar-refractivity contribution in [3.05, 3.63) is 0 Å². The summed E-state index contributed by atoms with van der Waals surface area (Å²) in [6, 6.07) is 0. The van der Waals surface area contributed by atoms with Gasteiger partial charge in [0, 0.05) is 13.1 Å². The quantitative estimate of drug-likeness (QED) is 0.733. The summed E-state index contributed by atoms with van der Waals surface area (Å²) in [4.78, 5) is 14.9. The molecule has 15 heavy (non-hydrogen) atoms. The van der Waals surface area contributed by atoms with Crippen LogP contribution in [0.1, 0.15) is 19.3 Å². The van der Waals surface area contributed by atoms with Crippen molar-refractivity contribution in [1.29, 1.82) is 0 Å². The van der Waals surface area contributed by atoms with E-state index in [9.17, 15) is 4.79 Å². The molecule has 1 fully saturated rings. The van der Waals surface area contributed by atoms with E-state index >= 15 is 0 Å². The van der Waals surface area contributed by atoms with Crippen LogP contribution in [0.25, 0.3) is 0 Å². The average molecular weight is 214 g/mol. The van der Waals surface area contributed by atoms with Gasteiger partial charge in [0.2, 0.25) is 0 Å². The van der Waals surface area contributed by atoms with Gasteiger partial charge in [-0.05, 0) is 45.9 Å². The lowest BCUT2D eigenvalue weighted by molar-refractivity contribution is -0.137. The Kier molecular flexibility index (Phi) is 5.05. The van der Waals surface area contributed by atoms with Gasteiger partial charge < -0.3 is 14.9 Å². The molecule has 0 aromatic heterocycles. The van der Waals surface area contributed by atoms with Gasteiger partial charge in [0.05, 0.1) is 6.42 Å². The number of hydrogen-bond donors (Lipinski definition) is 1. The van der Waals surface area contributed by atoms with Crippen molar-refractivity contribution in [3.63, 3.8) is 0 Å². The van der Waals surface area contributed by atoms with Crippen LogP contribution in [-0.2, 0) is 4.79 Å². The van der Waals surface area contributed by atoms with Crippen LogP contribution in [-0.4, -0.2) is 61.2 Å². The van der Waals surface area contributed by atoms with Gasteiger partial charge in [-0.25, -0.2) is 0 Å². The third-order valence-corrected chi connectivity index (χ3v) is 3.12. The van der Waals surface area contributed by atoms with E-state index in [-0.39, 0.29) is 6.42 Å². The molecule has 1 aliphatic heterocycles. The molecule has 4 heteroatoms. The first-order valence-corrected chi connectivity index (χ1v) is 5.67. The second-order valence-corrected chi connectivity index (χ2v) is 4.65. The second kappa shape index (κ2) is 6.08. The summed E-state index contributed by atoms with van der Waals surface area (Å²) in [6.07, 6.45) is 2.74. The largest absolute Gasteiger partial charge is 0.481 e. The second-order valence-electron chi connectivity index (χ2n) is 4.65. The fraction of sp³-hybridized carbons (Fsp3) is 0.909. The Balaban J connectivity index is 2.14. The maximum Gasteiger partial charge on any atom is 0.304 e. The fourth-order valence-electron chi connectivity index (χ4n) is 2.06. The van der Waals surface area contributed by atoms with E-state index in [4.69, 9.17) is 5.11 Å². The van der Waals surface area contributed by atoms with Gasteiger partial charge in [-0.15, -0.1) is 0 Å². The van der Waals surface area contributed by atoms with E-state index in [1.54, 1.807) is 0 Å². The predicted molar refractivity (Wildman–Crippen MR) is 60.0 cm³/mol. The number of piperidine rings is 1. The zero-order valence-corrected chi connectivity index (χ0v) is 9.78. The van der Waals surface area contributed by atoms with E-state index < -0.39 is 5.97 Å². The Morgan fingerprint density at radius 2 is 2.07 bits per heavy atom. The summed E-state index contributed by atoms with van der Waals surface area (Å²) in [5, 5.41) is 8.57. The number of carboxylic acids is 1. The molecule has 0 radical (unpaired) electrons. The summed E-state index contributed by atoms with van der Waals surface area (Å²) < 4.78 is 0. The predicted octanol–water partition coefficient (Wildman–Crippen LogP) is 0.735. The van der Waals surface area contributed by atoms with Crippen LogP contribution in [0.2, 0.25) is 0 Å². The van der Waals surface area contributed by atoms with Crippen LogP contribution < -0.4 is 0 Å². The lowest BCUT2D eigenvalue weighted by Crippen LogP contribution is -2.36. The molecule has 0 aromatic carbocycles. The van der Waals surface area contributed by atoms with Crippen molar-refractivity contribution in [1.82, 2.24) is 9.80 Å². The average Bonchev–Trinajstić information content (AvgIpc) is 2.19. The number of nitrogens with zero attached hydrogens (tertiary/aromatic N) is 2. The molecule has 0 aromatic rings. The molecular weight excluding hydrogens is 192 g/mol. The Hall–Kier alpha value is -0.610. The Labute approximate surface area is 91.9 Å². The maximum absolute atomic E-state index is 10.4. The van der Waals surface area contributed by atoms with Gasteiger partial charge >= 0.3 is 5.97 Å². The smallest absolute Gasteiger partial charge is 0.304 e. The number of likely N-dealkylation sites (tertiary alicyclic amines) is 1. The summed E-state index contributed by atoms with van der Waals surface area (Å²) in [7, 11) is 4.17. The van der Waals surface area contributed by atoms with Crippen molar-refractivity contribution in [2.45, 2.75) is 19.3 Å². The maximum atomic E-state index is 10.4. The molecule has 1 aliphatic rings. The minimum Gasteiger partial charge on any atom is -0.481 e. The lowest BCUT2D eigenvalue weighted by Gasteiger charge is -2.31. The molecule has 0 aliphatic carbocycles. The van der Waals surface area contributed by atoms with Crippen LogP contribution in [0.5, 0.6) is 0 Å². The van der Waals surface area contributed by atoms with Gasteiger partial charge in [-0.1, -0.05) is 0 Å². The molecule has 0 unspecified atom stereocenters. The first kappa shape index (κ1) is 12.5. The number of carboxylic acid groups (broad SMARTS) is 1. The van der Waals surface area contributed by atoms with E-state index in [1.807, 2.05) is 7.05 Å². The van der Waals surface area contributed by atoms with E-state index in [0.29, 0.717) is 6.54 Å². The molecule has 88 valence electrons. The molecule has 4 nitrogen and oxygen atoms in total. The number of carbonyl (C=O) groups is 1. The molecular formula is C11H22N2O2. The highest BCUT2D eigenvalue weighted by Crippen LogP contribution is 2.16. The molecule has 0 amide bonds. The van der Waals surface area contributed by atoms with Crippen molar-refractivity contribution in [3.8, 4) is 0 Å². The van der Waals surface area contributed by atoms with E-state index in [1.165, 1.54) is 25.9 Å². The van der Waals surface area contributed by atoms with Crippen molar-refractivity contribution >= 4 is 5.97 Å². The van der Waals surface area contributed by atoms with Crippen molar-refractivity contribution < 1.29 is 9.90 Å². The minimum absolute atomic E-state index is 0.253. The van der Waals surface area contributed by atoms with Crippen molar-refractivity contribution in [2.75, 3.05) is 40.3 Å². The third kappa shape index (κ3) is 5.14. The van der Waals surface area contributed by atoms with Crippen LogP contribution in [0.4, 0.5) is 0 Å². The number of aliphatic carboxylic acids is 1. The monoisotopic (exact) mass is 214 g/mol. The normalized spacial score (nSPS) is 19.7. The molecule has 0 saturated carbocycles. The molecule has 1 N–H and O–H groups in total. The van der Waals surface area contributed by atoms with Crippen LogP contribution in [0.3, 0.4) is 0 Å². The fourth-order valence-corrected chi connectivity index (χ4v) is 2.06. The molecule has 0 spiro atoms. The molecule has 1 rings (SSSR count). The summed E-state index contributed by atoms with van der Waals surface area (Å²) in [5.41, 5.74) is 0. The van der Waals surface area contributed by atoms with Crippen LogP contribution >= 0.6 is 0 Å². The summed E-state index contributed by atoms with van der Waals surface area (Å²) in [5.74, 6) is 0.0465. The zero-order valence-electron chi connectivity index (χ0n) is 9.78. The SMILES string of the molecule is CN1CCC(CN(C)CCC(=O)O)CC1. The standard InChI is InChI=1S/C11H22N2O2/c1-12-6-3-10(4-7-12)9-13(2)8-5-11(14)15/h10H,3-9H2,1-2H3,(H,14,15). The minimum atomic E-state index is -0.703. The van der Waals surface area contributed by atoms with Crippen LogP contribution in [0, 0.1) is 5.92 Å². The van der Waals surface area contributed by atoms with Crippen molar-refractivity contribution in [2.24, 2.45) is 5.92 Å². The molecule has 0 atom stereocenters. The van der Waals surface area contributed by atoms with Gasteiger partial charge in [-0.2, -0.15) is 0 Å². The zero-order chi connectivity index (χ0) is 11.3. The third-order valence-electron chi connectivity index (χ3n) is 3.12.